The summed E-state index contributed by atoms with van der Waals surface area (Å²) in [5, 5.41) is 8.88. The van der Waals surface area contributed by atoms with Gasteiger partial charge in [0.05, 0.1) is 6.61 Å². The minimum absolute atomic E-state index is 0.0836. The van der Waals surface area contributed by atoms with E-state index in [4.69, 9.17) is 5.11 Å². The molecule has 0 amide bonds. The molecule has 1 N–H and O–H groups in total. The molecular formula is C16H15BrO. The van der Waals surface area contributed by atoms with Crippen LogP contribution in [0.1, 0.15) is 12.5 Å². The number of aliphatic hydroxyl groups excluding tert-OH is 1. The molecule has 0 aliphatic carbocycles. The molecule has 0 fully saturated rings. The van der Waals surface area contributed by atoms with Gasteiger partial charge in [-0.1, -0.05) is 58.4 Å². The fraction of sp³-hybridized carbons (Fsp3) is 0.125. The van der Waals surface area contributed by atoms with E-state index in [1.165, 1.54) is 11.1 Å². The summed E-state index contributed by atoms with van der Waals surface area (Å²) in [5.41, 5.74) is 4.64. The van der Waals surface area contributed by atoms with Crippen LogP contribution in [0, 0.1) is 0 Å². The Labute approximate surface area is 116 Å². The molecule has 18 heavy (non-hydrogen) atoms. The van der Waals surface area contributed by atoms with Crippen molar-refractivity contribution in [1.82, 2.24) is 0 Å². The summed E-state index contributed by atoms with van der Waals surface area (Å²) in [6.07, 6.45) is 1.81. The van der Waals surface area contributed by atoms with E-state index >= 15 is 0 Å². The summed E-state index contributed by atoms with van der Waals surface area (Å²) < 4.78 is 1.09. The first kappa shape index (κ1) is 13.1. The van der Waals surface area contributed by atoms with Crippen molar-refractivity contribution in [3.8, 4) is 11.1 Å². The van der Waals surface area contributed by atoms with Crippen LogP contribution in [0.25, 0.3) is 16.7 Å². The standard InChI is InChI=1S/C16H15BrO/c1-12(10-11-18)13-2-4-14(5-3-13)15-6-8-16(17)9-7-15/h2-10,18H,11H2,1H3/b12-10-. The van der Waals surface area contributed by atoms with E-state index in [1.54, 1.807) is 0 Å². The Morgan fingerprint density at radius 3 is 2.00 bits per heavy atom. The molecule has 2 rings (SSSR count). The van der Waals surface area contributed by atoms with Gasteiger partial charge in [-0.2, -0.15) is 0 Å². The fourth-order valence-electron chi connectivity index (χ4n) is 1.82. The van der Waals surface area contributed by atoms with Crippen LogP contribution < -0.4 is 0 Å². The van der Waals surface area contributed by atoms with E-state index in [1.807, 2.05) is 25.1 Å². The lowest BCUT2D eigenvalue weighted by molar-refractivity contribution is 0.343. The van der Waals surface area contributed by atoms with Gasteiger partial charge in [-0.05, 0) is 41.3 Å². The van der Waals surface area contributed by atoms with E-state index in [0.717, 1.165) is 15.6 Å². The molecule has 0 radical (unpaired) electrons. The molecule has 0 aliphatic rings. The zero-order valence-corrected chi connectivity index (χ0v) is 11.8. The summed E-state index contributed by atoms with van der Waals surface area (Å²) in [4.78, 5) is 0. The molecule has 2 aromatic rings. The number of rotatable bonds is 3. The third-order valence-corrected chi connectivity index (χ3v) is 3.44. The van der Waals surface area contributed by atoms with Gasteiger partial charge >= 0.3 is 0 Å². The topological polar surface area (TPSA) is 20.2 Å². The second kappa shape index (κ2) is 5.98. The molecular weight excluding hydrogens is 288 g/mol. The fourth-order valence-corrected chi connectivity index (χ4v) is 2.09. The van der Waals surface area contributed by atoms with Crippen LogP contribution in [0.4, 0.5) is 0 Å². The second-order valence-electron chi connectivity index (χ2n) is 4.15. The summed E-state index contributed by atoms with van der Waals surface area (Å²) in [6, 6.07) is 16.6. The van der Waals surface area contributed by atoms with Crippen molar-refractivity contribution in [2.75, 3.05) is 6.61 Å². The van der Waals surface area contributed by atoms with Crippen LogP contribution in [0.5, 0.6) is 0 Å². The molecule has 0 saturated carbocycles. The number of hydrogen-bond acceptors (Lipinski definition) is 1. The van der Waals surface area contributed by atoms with E-state index in [2.05, 4.69) is 52.3 Å². The normalized spacial score (nSPS) is 11.6. The van der Waals surface area contributed by atoms with Crippen LogP contribution in [-0.4, -0.2) is 11.7 Å². The molecule has 0 unspecified atom stereocenters. The van der Waals surface area contributed by atoms with E-state index in [-0.39, 0.29) is 6.61 Å². The van der Waals surface area contributed by atoms with Crippen molar-refractivity contribution in [2.24, 2.45) is 0 Å². The molecule has 0 saturated heterocycles. The Kier molecular flexibility index (Phi) is 4.34. The highest BCUT2D eigenvalue weighted by Crippen LogP contribution is 2.23. The van der Waals surface area contributed by atoms with Gasteiger partial charge in [-0.3, -0.25) is 0 Å². The maximum absolute atomic E-state index is 8.88. The number of hydrogen-bond donors (Lipinski definition) is 1. The van der Waals surface area contributed by atoms with E-state index in [0.29, 0.717) is 0 Å². The highest BCUT2D eigenvalue weighted by molar-refractivity contribution is 9.10. The average Bonchev–Trinajstić information content (AvgIpc) is 2.40. The van der Waals surface area contributed by atoms with Crippen molar-refractivity contribution >= 4 is 21.5 Å². The predicted octanol–water partition coefficient (Wildman–Crippen LogP) is 4.51. The van der Waals surface area contributed by atoms with Gasteiger partial charge in [-0.25, -0.2) is 0 Å². The summed E-state index contributed by atoms with van der Waals surface area (Å²) in [5.74, 6) is 0. The number of allylic oxidation sites excluding steroid dienone is 1. The quantitative estimate of drug-likeness (QED) is 0.884. The minimum Gasteiger partial charge on any atom is -0.392 e. The van der Waals surface area contributed by atoms with Crippen LogP contribution in [-0.2, 0) is 0 Å². The van der Waals surface area contributed by atoms with Crippen LogP contribution >= 0.6 is 15.9 Å². The lowest BCUT2D eigenvalue weighted by Crippen LogP contribution is -1.83. The highest BCUT2D eigenvalue weighted by Gasteiger charge is 1.99. The lowest BCUT2D eigenvalue weighted by atomic mass is 10.0. The van der Waals surface area contributed by atoms with Crippen LogP contribution in [0.15, 0.2) is 59.1 Å². The summed E-state index contributed by atoms with van der Waals surface area (Å²) >= 11 is 3.43. The Hall–Kier alpha value is -1.38. The van der Waals surface area contributed by atoms with Crippen molar-refractivity contribution < 1.29 is 5.11 Å². The molecule has 0 aliphatic heterocycles. The van der Waals surface area contributed by atoms with Gasteiger partial charge < -0.3 is 5.11 Å². The van der Waals surface area contributed by atoms with E-state index < -0.39 is 0 Å². The zero-order valence-electron chi connectivity index (χ0n) is 10.2. The first-order valence-electron chi connectivity index (χ1n) is 5.84. The van der Waals surface area contributed by atoms with Crippen molar-refractivity contribution in [1.29, 1.82) is 0 Å². The van der Waals surface area contributed by atoms with Crippen molar-refractivity contribution in [3.05, 3.63) is 64.6 Å². The number of benzene rings is 2. The Bertz CT molecular complexity index is 538. The Morgan fingerprint density at radius 1 is 1.00 bits per heavy atom. The van der Waals surface area contributed by atoms with Gasteiger partial charge in [0.2, 0.25) is 0 Å². The molecule has 2 heteroatoms. The van der Waals surface area contributed by atoms with Gasteiger partial charge in [0.15, 0.2) is 0 Å². The maximum atomic E-state index is 8.88. The second-order valence-corrected chi connectivity index (χ2v) is 5.07. The molecule has 92 valence electrons. The molecule has 1 nitrogen and oxygen atoms in total. The molecule has 0 heterocycles. The molecule has 0 spiro atoms. The monoisotopic (exact) mass is 302 g/mol. The average molecular weight is 303 g/mol. The Balaban J connectivity index is 2.27. The third-order valence-electron chi connectivity index (χ3n) is 2.92. The molecule has 2 aromatic carbocycles. The minimum atomic E-state index is 0.0836. The van der Waals surface area contributed by atoms with Gasteiger partial charge in [0, 0.05) is 4.47 Å². The molecule has 0 atom stereocenters. The summed E-state index contributed by atoms with van der Waals surface area (Å²) in [7, 11) is 0. The smallest absolute Gasteiger partial charge is 0.0618 e. The lowest BCUT2D eigenvalue weighted by Gasteiger charge is -2.05. The van der Waals surface area contributed by atoms with Crippen molar-refractivity contribution in [3.63, 3.8) is 0 Å². The maximum Gasteiger partial charge on any atom is 0.0618 e. The van der Waals surface area contributed by atoms with Crippen LogP contribution in [0.3, 0.4) is 0 Å². The predicted molar refractivity (Wildman–Crippen MR) is 80.3 cm³/mol. The Morgan fingerprint density at radius 2 is 1.50 bits per heavy atom. The SMILES string of the molecule is C/C(=C/CO)c1ccc(-c2ccc(Br)cc2)cc1. The first-order valence-corrected chi connectivity index (χ1v) is 6.64. The molecule has 0 bridgehead atoms. The third kappa shape index (κ3) is 3.09. The van der Waals surface area contributed by atoms with Crippen LogP contribution in [0.2, 0.25) is 0 Å². The largest absolute Gasteiger partial charge is 0.392 e. The highest BCUT2D eigenvalue weighted by atomic mass is 79.9. The van der Waals surface area contributed by atoms with Crippen molar-refractivity contribution in [2.45, 2.75) is 6.92 Å². The molecule has 0 aromatic heterocycles. The van der Waals surface area contributed by atoms with Gasteiger partial charge in [0.1, 0.15) is 0 Å². The number of aliphatic hydroxyl groups is 1. The van der Waals surface area contributed by atoms with E-state index in [9.17, 15) is 0 Å². The van der Waals surface area contributed by atoms with Gasteiger partial charge in [-0.15, -0.1) is 0 Å². The number of halogens is 1. The zero-order chi connectivity index (χ0) is 13.0. The van der Waals surface area contributed by atoms with Gasteiger partial charge in [0.25, 0.3) is 0 Å². The first-order chi connectivity index (χ1) is 8.70. The summed E-state index contributed by atoms with van der Waals surface area (Å²) in [6.45, 7) is 2.09.